The molecule has 0 radical (unpaired) electrons. The number of hydrogen-bond donors (Lipinski definition) is 0. The number of hydrogen-bond acceptors (Lipinski definition) is 8. The van der Waals surface area contributed by atoms with E-state index < -0.39 is 67.6 Å². The van der Waals surface area contributed by atoms with Crippen molar-refractivity contribution in [3.05, 3.63) is 24.3 Å². The van der Waals surface area contributed by atoms with E-state index in [1.54, 1.807) is 46.2 Å². The fourth-order valence-corrected chi connectivity index (χ4v) is 23.7. The molecular weight excluding hydrogens is 578 g/mol. The Balaban J connectivity index is 5.48. The van der Waals surface area contributed by atoms with Gasteiger partial charge in [-0.1, -0.05) is 13.2 Å². The molecule has 0 spiro atoms. The molecule has 0 aliphatic rings. The molecule has 0 heterocycles. The van der Waals surface area contributed by atoms with Gasteiger partial charge in [-0.25, -0.2) is 9.59 Å². The van der Waals surface area contributed by atoms with Crippen LogP contribution >= 0.6 is 0 Å². The molecule has 0 bridgehead atoms. The molecule has 216 valence electrons. The van der Waals surface area contributed by atoms with E-state index in [-0.39, 0.29) is 29.7 Å². The third-order valence-corrected chi connectivity index (χ3v) is 22.5. The molecule has 2 unspecified atom stereocenters. The summed E-state index contributed by atoms with van der Waals surface area (Å²) in [6.07, 6.45) is -5.37. The van der Waals surface area contributed by atoms with Crippen LogP contribution in [0.5, 0.6) is 0 Å². The van der Waals surface area contributed by atoms with Gasteiger partial charge >= 0.3 is 35.2 Å². The largest absolute Gasteiger partial charge is 0.463 e. The van der Waals surface area contributed by atoms with Gasteiger partial charge in [-0.2, -0.15) is 13.2 Å². The summed E-state index contributed by atoms with van der Waals surface area (Å²) in [6.45, 7) is 24.3. The van der Waals surface area contributed by atoms with Crippen molar-refractivity contribution >= 4 is 55.0 Å². The van der Waals surface area contributed by atoms with E-state index in [2.05, 4.69) is 13.2 Å². The Morgan fingerprint density at radius 3 is 1.62 bits per heavy atom. The first-order valence-electron chi connectivity index (χ1n) is 11.9. The summed E-state index contributed by atoms with van der Waals surface area (Å²) in [5.41, 5.74) is 0.511. The molecule has 37 heavy (non-hydrogen) atoms. The molecule has 8 nitrogen and oxygen atoms in total. The lowest BCUT2D eigenvalue weighted by Gasteiger charge is -2.41. The van der Waals surface area contributed by atoms with Crippen LogP contribution in [0, 0.1) is 0 Å². The van der Waals surface area contributed by atoms with Gasteiger partial charge in [0.25, 0.3) is 9.28 Å². The summed E-state index contributed by atoms with van der Waals surface area (Å²) < 4.78 is 74.9. The van der Waals surface area contributed by atoms with Crippen LogP contribution in [-0.2, 0) is 35.5 Å². The zero-order valence-electron chi connectivity index (χ0n) is 23.7. The fraction of sp³-hybridized carbons (Fsp3) is 0.714. The second-order valence-corrected chi connectivity index (χ2v) is 28.7. The van der Waals surface area contributed by atoms with Crippen LogP contribution in [0.25, 0.3) is 0 Å². The van der Waals surface area contributed by atoms with Crippen molar-refractivity contribution < 1.29 is 48.7 Å². The fourth-order valence-electron chi connectivity index (χ4n) is 3.28. The lowest BCUT2D eigenvalue weighted by Crippen LogP contribution is -2.58. The first-order chi connectivity index (χ1) is 16.4. The normalized spacial score (nSPS) is 15.5. The molecule has 0 aromatic heterocycles. The highest BCUT2D eigenvalue weighted by molar-refractivity contribution is 6.88. The van der Waals surface area contributed by atoms with Crippen molar-refractivity contribution in [3.63, 3.8) is 0 Å². The van der Waals surface area contributed by atoms with Crippen LogP contribution in [0.2, 0.25) is 58.4 Å². The van der Waals surface area contributed by atoms with Crippen molar-refractivity contribution in [2.75, 3.05) is 12.5 Å². The number of ether oxygens (including phenoxy) is 2. The highest BCUT2D eigenvalue weighted by atomic mass is 28.5. The van der Waals surface area contributed by atoms with Gasteiger partial charge in [-0.3, -0.25) is 0 Å². The zero-order chi connectivity index (χ0) is 29.5. The zero-order valence-corrected chi connectivity index (χ0v) is 28.9. The lowest BCUT2D eigenvalue weighted by atomic mass is 10.4. The minimum absolute atomic E-state index is 0.0452. The lowest BCUT2D eigenvalue weighted by molar-refractivity contribution is -0.138. The minimum Gasteiger partial charge on any atom is -0.463 e. The van der Waals surface area contributed by atoms with Crippen LogP contribution in [0.4, 0.5) is 13.2 Å². The molecule has 0 amide bonds. The number of carbonyl (C=O) groups is 2. The molecule has 16 heteroatoms. The van der Waals surface area contributed by atoms with E-state index in [1.165, 1.54) is 6.92 Å². The third kappa shape index (κ3) is 16.6. The van der Waals surface area contributed by atoms with Gasteiger partial charge in [-0.05, 0) is 72.3 Å². The van der Waals surface area contributed by atoms with Gasteiger partial charge < -0.3 is 25.9 Å². The predicted octanol–water partition coefficient (Wildman–Crippen LogP) is 5.36. The third-order valence-electron chi connectivity index (χ3n) is 4.55. The molecule has 0 saturated carbocycles. The van der Waals surface area contributed by atoms with Gasteiger partial charge in [0.15, 0.2) is 0 Å². The van der Waals surface area contributed by atoms with E-state index in [0.29, 0.717) is 0 Å². The van der Waals surface area contributed by atoms with Gasteiger partial charge in [-0.15, -0.1) is 0 Å². The molecule has 0 aliphatic carbocycles. The van der Waals surface area contributed by atoms with Crippen LogP contribution in [-0.4, -0.2) is 73.6 Å². The Morgan fingerprint density at radius 1 is 0.784 bits per heavy atom. The molecule has 0 saturated heterocycles. The molecule has 0 aromatic rings. The highest BCUT2D eigenvalue weighted by Gasteiger charge is 2.47. The highest BCUT2D eigenvalue weighted by Crippen LogP contribution is 2.32. The second-order valence-electron chi connectivity index (χ2n) is 10.9. The maximum absolute atomic E-state index is 13.1. The van der Waals surface area contributed by atoms with E-state index >= 15 is 0 Å². The standard InChI is InChI=1S/C21H43F3O8Si5/c1-17(2)19(25)27-15-34(6,7)29-33(5)30-36(10,11)32-37(12,14-13-21(22,23)24)31-35(8,9)16-28-20(26)18(3)4/h33H,1,3,13-16H2,2,4-12H3. The van der Waals surface area contributed by atoms with Gasteiger partial charge in [0.1, 0.15) is 12.5 Å². The Bertz CT molecular complexity index is 835. The summed E-state index contributed by atoms with van der Waals surface area (Å²) in [5.74, 6) is -1.08. The Kier molecular flexibility index (Phi) is 13.6. The molecule has 0 aliphatic heterocycles. The van der Waals surface area contributed by atoms with E-state index in [0.717, 1.165) is 0 Å². The van der Waals surface area contributed by atoms with Crippen LogP contribution in [0.3, 0.4) is 0 Å². The summed E-state index contributed by atoms with van der Waals surface area (Å²) in [4.78, 5) is 23.5. The van der Waals surface area contributed by atoms with E-state index in [4.69, 9.17) is 25.9 Å². The monoisotopic (exact) mass is 620 g/mol. The summed E-state index contributed by atoms with van der Waals surface area (Å²) in [7, 11) is -14.0. The first kappa shape index (κ1) is 36.1. The Hall–Kier alpha value is -0.866. The van der Waals surface area contributed by atoms with E-state index in [9.17, 15) is 22.8 Å². The van der Waals surface area contributed by atoms with Gasteiger partial charge in [0, 0.05) is 17.6 Å². The molecular formula is C21H43F3O8Si5. The van der Waals surface area contributed by atoms with E-state index in [1.807, 2.05) is 13.1 Å². The number of rotatable bonds is 16. The van der Waals surface area contributed by atoms with Crippen molar-refractivity contribution in [3.8, 4) is 0 Å². The number of halogens is 3. The average molecular weight is 621 g/mol. The molecule has 0 aromatic carbocycles. The topological polar surface area (TPSA) is 89.5 Å². The van der Waals surface area contributed by atoms with Crippen LogP contribution < -0.4 is 0 Å². The maximum Gasteiger partial charge on any atom is 0.389 e. The molecule has 0 fully saturated rings. The SMILES string of the molecule is C=C(C)C(=O)OC[Si](C)(C)O[SiH](C)O[Si](C)(C)O[Si](C)(CCC(F)(F)F)O[Si](C)(C)COC(=O)C(=C)C. The minimum atomic E-state index is -4.38. The number of esters is 2. The average Bonchev–Trinajstić information content (AvgIpc) is 2.66. The van der Waals surface area contributed by atoms with Crippen LogP contribution in [0.1, 0.15) is 20.3 Å². The molecule has 0 N–H and O–H groups in total. The van der Waals surface area contributed by atoms with Crippen molar-refractivity contribution in [2.24, 2.45) is 0 Å². The summed E-state index contributed by atoms with van der Waals surface area (Å²) in [5, 5.41) is 0. The van der Waals surface area contributed by atoms with Crippen molar-refractivity contribution in [2.45, 2.75) is 84.9 Å². The van der Waals surface area contributed by atoms with Gasteiger partial charge in [0.05, 0.1) is 0 Å². The summed E-state index contributed by atoms with van der Waals surface area (Å²) in [6, 6.07) is -0.324. The van der Waals surface area contributed by atoms with Crippen molar-refractivity contribution in [1.29, 1.82) is 0 Å². The number of carbonyl (C=O) groups excluding carboxylic acids is 2. The predicted molar refractivity (Wildman–Crippen MR) is 148 cm³/mol. The molecule has 0 rings (SSSR count). The van der Waals surface area contributed by atoms with Crippen molar-refractivity contribution in [1.82, 2.24) is 0 Å². The Labute approximate surface area is 225 Å². The summed E-state index contributed by atoms with van der Waals surface area (Å²) >= 11 is 0. The quantitative estimate of drug-likeness (QED) is 0.130. The molecule has 2 atom stereocenters. The first-order valence-corrected chi connectivity index (χ1v) is 25.5. The smallest absolute Gasteiger partial charge is 0.389 e. The van der Waals surface area contributed by atoms with Gasteiger partial charge in [0.2, 0.25) is 16.6 Å². The maximum atomic E-state index is 13.1. The second kappa shape index (κ2) is 14.0. The number of alkyl halides is 3. The van der Waals surface area contributed by atoms with Crippen LogP contribution in [0.15, 0.2) is 24.3 Å². The Morgan fingerprint density at radius 2 is 1.22 bits per heavy atom.